The molecule has 4 N–H and O–H groups in total. The molecule has 314 valence electrons. The summed E-state index contributed by atoms with van der Waals surface area (Å²) in [5, 5.41) is 16.7. The number of nitro benzene ring substituents is 1. The first-order valence-electron chi connectivity index (χ1n) is 17.0. The summed E-state index contributed by atoms with van der Waals surface area (Å²) < 4.78 is 137. The minimum absolute atomic E-state index is 0.0545. The van der Waals surface area contributed by atoms with Crippen LogP contribution in [0, 0.1) is 10.1 Å². The number of sulfone groups is 2. The number of halogens is 6. The van der Waals surface area contributed by atoms with Gasteiger partial charge in [0.2, 0.25) is 0 Å². The van der Waals surface area contributed by atoms with Gasteiger partial charge >= 0.3 is 18.0 Å². The van der Waals surface area contributed by atoms with Crippen molar-refractivity contribution in [3.05, 3.63) is 155 Å². The smallest absolute Gasteiger partial charge is 0.423 e. The van der Waals surface area contributed by atoms with E-state index in [4.69, 9.17) is 15.2 Å². The van der Waals surface area contributed by atoms with Gasteiger partial charge in [0.25, 0.3) is 0 Å². The van der Waals surface area contributed by atoms with Crippen molar-refractivity contribution in [3.8, 4) is 23.0 Å². The number of nitro groups is 1. The summed E-state index contributed by atoms with van der Waals surface area (Å²) >= 11 is 0. The average Bonchev–Trinajstić information content (AvgIpc) is 3.15. The lowest BCUT2D eigenvalue weighted by Gasteiger charge is -2.15. The van der Waals surface area contributed by atoms with Crippen LogP contribution in [0.2, 0.25) is 0 Å². The Morgan fingerprint density at radius 3 is 1.33 bits per heavy atom. The molecule has 0 saturated heterocycles. The molecular weight excluding hydrogens is 843 g/mol. The Labute approximate surface area is 339 Å². The van der Waals surface area contributed by atoms with Crippen LogP contribution in [0.4, 0.5) is 60.5 Å². The van der Waals surface area contributed by atoms with Crippen molar-refractivity contribution in [1.29, 1.82) is 0 Å². The molecule has 0 saturated carbocycles. The van der Waals surface area contributed by atoms with Crippen molar-refractivity contribution >= 4 is 53.8 Å². The quantitative estimate of drug-likeness (QED) is 0.0488. The van der Waals surface area contributed by atoms with E-state index in [0.717, 1.165) is 30.7 Å². The highest BCUT2D eigenvalue weighted by Crippen LogP contribution is 2.42. The summed E-state index contributed by atoms with van der Waals surface area (Å²) in [5.41, 5.74) is 2.33. The number of nitrogen functional groups attached to an aromatic ring is 1. The standard InChI is InChI=1S/C20H15F3N2O5S.C20H17F3N2O3S/c1-31(28,29)16-8-3-7-15(12-16)30-14-6-2-5-13(11-14)24-18-10-4-9-17(20(21,22)23)19(18)25(26)27;1-29(26,27)16-8-3-7-15(12-16)28-14-6-2-5-13(11-14)25-18-10-4-9-17(19(18)24)20(21,22)23/h2-12,24H,1H3;2-12,25H,24H2,1H3. The van der Waals surface area contributed by atoms with Gasteiger partial charge in [-0.1, -0.05) is 36.4 Å². The van der Waals surface area contributed by atoms with Gasteiger partial charge in [0.15, 0.2) is 19.7 Å². The minimum atomic E-state index is -4.89. The molecule has 0 aliphatic heterocycles. The maximum absolute atomic E-state index is 13.2. The van der Waals surface area contributed by atoms with Crippen LogP contribution >= 0.6 is 0 Å². The summed E-state index contributed by atoms with van der Waals surface area (Å²) in [5.74, 6) is 1.14. The zero-order valence-corrected chi connectivity index (χ0v) is 32.7. The second-order valence-electron chi connectivity index (χ2n) is 12.7. The maximum atomic E-state index is 13.2. The largest absolute Gasteiger partial charge is 0.457 e. The zero-order chi connectivity index (χ0) is 44.0. The van der Waals surface area contributed by atoms with E-state index in [1.54, 1.807) is 42.5 Å². The molecule has 20 heteroatoms. The van der Waals surface area contributed by atoms with Crippen LogP contribution in [0.1, 0.15) is 11.1 Å². The molecule has 6 aromatic rings. The molecule has 0 unspecified atom stereocenters. The number of anilines is 5. The first-order valence-corrected chi connectivity index (χ1v) is 20.8. The molecule has 0 amide bonds. The number of alkyl halides is 6. The summed E-state index contributed by atoms with van der Waals surface area (Å²) in [7, 11) is -6.83. The monoisotopic (exact) mass is 874 g/mol. The lowest BCUT2D eigenvalue weighted by Crippen LogP contribution is -2.10. The third-order valence-electron chi connectivity index (χ3n) is 8.10. The first kappa shape index (κ1) is 44.3. The highest BCUT2D eigenvalue weighted by Gasteiger charge is 2.40. The molecule has 0 fully saturated rings. The molecule has 0 aliphatic rings. The Balaban J connectivity index is 0.000000228. The van der Waals surface area contributed by atoms with E-state index in [-0.39, 0.29) is 38.4 Å². The van der Waals surface area contributed by atoms with Crippen molar-refractivity contribution in [1.82, 2.24) is 0 Å². The Morgan fingerprint density at radius 2 is 0.917 bits per heavy atom. The zero-order valence-electron chi connectivity index (χ0n) is 31.1. The predicted molar refractivity (Wildman–Crippen MR) is 213 cm³/mol. The van der Waals surface area contributed by atoms with Gasteiger partial charge in [0.05, 0.1) is 31.7 Å². The Bertz CT molecular complexity index is 2770. The molecule has 60 heavy (non-hydrogen) atoms. The summed E-state index contributed by atoms with van der Waals surface area (Å²) in [6.07, 6.45) is -7.30. The van der Waals surface area contributed by atoms with E-state index in [1.807, 2.05) is 0 Å². The van der Waals surface area contributed by atoms with E-state index >= 15 is 0 Å². The van der Waals surface area contributed by atoms with Crippen LogP contribution < -0.4 is 25.8 Å². The predicted octanol–water partition coefficient (Wildman–Crippen LogP) is 10.8. The van der Waals surface area contributed by atoms with Gasteiger partial charge in [0.1, 0.15) is 34.2 Å². The van der Waals surface area contributed by atoms with Gasteiger partial charge in [-0.15, -0.1) is 0 Å². The van der Waals surface area contributed by atoms with Gasteiger partial charge in [-0.3, -0.25) is 10.1 Å². The normalized spacial score (nSPS) is 11.8. The molecular formula is C40H32F6N4O8S2. The number of ether oxygens (including phenoxy) is 2. The SMILES string of the molecule is CS(=O)(=O)c1cccc(Oc2cccc(Nc3cccc(C(F)(F)F)c3N)c2)c1.CS(=O)(=O)c1cccc(Oc2cccc(Nc3cccc(C(F)(F)F)c3[N+](=O)[O-])c2)c1. The maximum Gasteiger partial charge on any atom is 0.423 e. The minimum Gasteiger partial charge on any atom is -0.457 e. The van der Waals surface area contributed by atoms with Crippen molar-refractivity contribution in [2.24, 2.45) is 0 Å². The number of hydrogen-bond donors (Lipinski definition) is 3. The van der Waals surface area contributed by atoms with Gasteiger partial charge < -0.3 is 25.8 Å². The molecule has 0 heterocycles. The number of benzene rings is 6. The van der Waals surface area contributed by atoms with E-state index in [2.05, 4.69) is 10.6 Å². The summed E-state index contributed by atoms with van der Waals surface area (Å²) in [4.78, 5) is 10.4. The number of para-hydroxylation sites is 2. The molecule has 0 bridgehead atoms. The third-order valence-corrected chi connectivity index (χ3v) is 10.3. The number of nitrogens with one attached hydrogen (secondary N) is 2. The fraction of sp³-hybridized carbons (Fsp3) is 0.100. The van der Waals surface area contributed by atoms with E-state index in [1.165, 1.54) is 66.7 Å². The molecule has 0 aliphatic carbocycles. The fourth-order valence-corrected chi connectivity index (χ4v) is 6.70. The van der Waals surface area contributed by atoms with E-state index < -0.39 is 59.5 Å². The Hall–Kier alpha value is -6.80. The van der Waals surface area contributed by atoms with Gasteiger partial charge in [-0.2, -0.15) is 26.3 Å². The molecule has 0 aromatic heterocycles. The van der Waals surface area contributed by atoms with Crippen molar-refractivity contribution < 1.29 is 57.6 Å². The number of rotatable bonds is 11. The molecule has 0 radical (unpaired) electrons. The average molecular weight is 875 g/mol. The second-order valence-corrected chi connectivity index (χ2v) is 16.8. The van der Waals surface area contributed by atoms with Crippen molar-refractivity contribution in [3.63, 3.8) is 0 Å². The topological polar surface area (TPSA) is 180 Å². The highest BCUT2D eigenvalue weighted by molar-refractivity contribution is 7.91. The lowest BCUT2D eigenvalue weighted by molar-refractivity contribution is -0.387. The van der Waals surface area contributed by atoms with Gasteiger partial charge in [-0.05, 0) is 84.9 Å². The van der Waals surface area contributed by atoms with Crippen LogP contribution in [-0.4, -0.2) is 34.3 Å². The molecule has 6 aromatic carbocycles. The van der Waals surface area contributed by atoms with Crippen LogP contribution in [0.25, 0.3) is 0 Å². The molecule has 0 spiro atoms. The molecule has 12 nitrogen and oxygen atoms in total. The van der Waals surface area contributed by atoms with Crippen LogP contribution in [0.5, 0.6) is 23.0 Å². The van der Waals surface area contributed by atoms with Crippen LogP contribution in [0.3, 0.4) is 0 Å². The van der Waals surface area contributed by atoms with Crippen molar-refractivity contribution in [2.75, 3.05) is 28.9 Å². The molecule has 6 rings (SSSR count). The summed E-state index contributed by atoms with van der Waals surface area (Å²) in [6.45, 7) is 0. The van der Waals surface area contributed by atoms with E-state index in [0.29, 0.717) is 23.3 Å². The molecule has 0 atom stereocenters. The Morgan fingerprint density at radius 1 is 0.550 bits per heavy atom. The fourth-order valence-electron chi connectivity index (χ4n) is 5.39. The van der Waals surface area contributed by atoms with Crippen molar-refractivity contribution in [2.45, 2.75) is 22.1 Å². The second kappa shape index (κ2) is 17.6. The van der Waals surface area contributed by atoms with E-state index in [9.17, 15) is 53.3 Å². The lowest BCUT2D eigenvalue weighted by atomic mass is 10.1. The van der Waals surface area contributed by atoms with Gasteiger partial charge in [0, 0.05) is 36.0 Å². The number of nitrogens with zero attached hydrogens (tertiary/aromatic N) is 1. The highest BCUT2D eigenvalue weighted by atomic mass is 32.2. The first-order chi connectivity index (χ1) is 28.0. The van der Waals surface area contributed by atoms with Crippen LogP contribution in [0.15, 0.2) is 143 Å². The number of hydrogen-bond acceptors (Lipinski definition) is 11. The van der Waals surface area contributed by atoms with Crippen LogP contribution in [-0.2, 0) is 32.0 Å². The van der Waals surface area contributed by atoms with Gasteiger partial charge in [-0.25, -0.2) is 16.8 Å². The Kier molecular flexibility index (Phi) is 13.0. The summed E-state index contributed by atoms with van der Waals surface area (Å²) in [6, 6.07) is 30.7. The number of nitrogens with two attached hydrogens (primary N) is 1. The third kappa shape index (κ3) is 11.7.